The van der Waals surface area contributed by atoms with Gasteiger partial charge in [0.1, 0.15) is 122 Å². The van der Waals surface area contributed by atoms with Gasteiger partial charge in [0, 0.05) is 0 Å². The van der Waals surface area contributed by atoms with E-state index in [2.05, 4.69) is 0 Å². The van der Waals surface area contributed by atoms with Crippen LogP contribution < -0.4 is 0 Å². The van der Waals surface area contributed by atoms with Crippen molar-refractivity contribution in [1.29, 1.82) is 0 Å². The first-order valence-electron chi connectivity index (χ1n) is 17.6. The minimum Gasteiger partial charge on any atom is -0.394 e. The van der Waals surface area contributed by atoms with Crippen LogP contribution in [0.25, 0.3) is 0 Å². The van der Waals surface area contributed by atoms with Crippen molar-refractivity contribution in [3.05, 3.63) is 0 Å². The number of rotatable bonds is 13. The second-order valence-corrected chi connectivity index (χ2v) is 13.9. The van der Waals surface area contributed by atoms with Crippen LogP contribution in [0.2, 0.25) is 0 Å². The van der Waals surface area contributed by atoms with Gasteiger partial charge >= 0.3 is 0 Å². The summed E-state index contributed by atoms with van der Waals surface area (Å²) < 4.78 is 50.2. The molecule has 0 radical (unpaired) electrons. The topological polar surface area (TPSA) is 427 Å². The summed E-state index contributed by atoms with van der Waals surface area (Å²) in [6.07, 6.45) is -48.2. The Morgan fingerprint density at radius 3 is 0.857 bits per heavy atom. The van der Waals surface area contributed by atoms with Gasteiger partial charge in [-0.3, -0.25) is 0 Å². The van der Waals surface area contributed by atoms with Crippen molar-refractivity contribution in [3.63, 3.8) is 0 Å². The molecule has 5 aliphatic rings. The maximum absolute atomic E-state index is 11.3. The summed E-state index contributed by atoms with van der Waals surface area (Å²) in [6.45, 7) is -4.60. The minimum atomic E-state index is -2.16. The summed E-state index contributed by atoms with van der Waals surface area (Å²) in [7, 11) is 0. The lowest BCUT2D eigenvalue weighted by Crippen LogP contribution is -2.68. The lowest BCUT2D eigenvalue weighted by molar-refractivity contribution is -0.412. The van der Waals surface area contributed by atoms with Gasteiger partial charge in [0.2, 0.25) is 0 Å². The molecule has 56 heavy (non-hydrogen) atoms. The standard InChI is InChI=1S/C30H52O26/c31-1-6-12(37)17(42)22(26(47)48-6)53-28-24(19(44)14(39)8(3-33)50-28)55-30-25(20(45)15(40)10(5-35)52-30)56-29-23(18(43)13(38)9(4-34)51-29)54-27-21(46)16(41)11(36)7(2-32)49-27/h6-47H,1-5H2/t6-,7-,8-,9-,10-,11-,12-,13-,14-,15-,16+,17+,18+,19+,20+,21+,22+,23+,24+,25+,26+,27+,28-,29-,30-/m1/s1. The number of hydrogen-bond donors (Lipinski definition) is 17. The Labute approximate surface area is 316 Å². The monoisotopic (exact) mass is 828 g/mol. The van der Waals surface area contributed by atoms with Crippen molar-refractivity contribution >= 4 is 0 Å². The third kappa shape index (κ3) is 9.16. The van der Waals surface area contributed by atoms with Crippen LogP contribution >= 0.6 is 0 Å². The lowest BCUT2D eigenvalue weighted by atomic mass is 9.95. The summed E-state index contributed by atoms with van der Waals surface area (Å²) in [6, 6.07) is 0. The molecule has 0 saturated carbocycles. The maximum Gasteiger partial charge on any atom is 0.187 e. The molecule has 0 unspecified atom stereocenters. The quantitative estimate of drug-likeness (QED) is 0.0819. The Hall–Kier alpha value is -1.04. The molecule has 0 aromatic heterocycles. The van der Waals surface area contributed by atoms with Gasteiger partial charge in [-0.2, -0.15) is 0 Å². The van der Waals surface area contributed by atoms with Crippen LogP contribution in [0.3, 0.4) is 0 Å². The van der Waals surface area contributed by atoms with E-state index in [4.69, 9.17) is 42.6 Å². The van der Waals surface area contributed by atoms with Crippen LogP contribution in [0.4, 0.5) is 0 Å². The van der Waals surface area contributed by atoms with Crippen LogP contribution in [-0.4, -0.2) is 273 Å². The second-order valence-electron chi connectivity index (χ2n) is 13.9. The Morgan fingerprint density at radius 2 is 0.518 bits per heavy atom. The first kappa shape index (κ1) is 46.0. The minimum absolute atomic E-state index is 0.833. The van der Waals surface area contributed by atoms with E-state index >= 15 is 0 Å². The average molecular weight is 829 g/mol. The van der Waals surface area contributed by atoms with E-state index in [1.807, 2.05) is 0 Å². The summed E-state index contributed by atoms with van der Waals surface area (Å²) >= 11 is 0. The van der Waals surface area contributed by atoms with Crippen molar-refractivity contribution in [2.24, 2.45) is 0 Å². The highest BCUT2D eigenvalue weighted by atomic mass is 16.8. The van der Waals surface area contributed by atoms with E-state index in [1.165, 1.54) is 0 Å². The van der Waals surface area contributed by atoms with Gasteiger partial charge in [-0.05, 0) is 0 Å². The van der Waals surface area contributed by atoms with E-state index in [0.717, 1.165) is 0 Å². The zero-order chi connectivity index (χ0) is 41.3. The van der Waals surface area contributed by atoms with Crippen molar-refractivity contribution < 1.29 is 129 Å². The van der Waals surface area contributed by atoms with Gasteiger partial charge in [-0.25, -0.2) is 0 Å². The fourth-order valence-corrected chi connectivity index (χ4v) is 6.95. The van der Waals surface area contributed by atoms with Gasteiger partial charge in [0.15, 0.2) is 31.5 Å². The first-order valence-corrected chi connectivity index (χ1v) is 17.6. The maximum atomic E-state index is 11.3. The fourth-order valence-electron chi connectivity index (χ4n) is 6.95. The van der Waals surface area contributed by atoms with Gasteiger partial charge < -0.3 is 129 Å². The normalized spacial score (nSPS) is 53.2. The molecule has 5 fully saturated rings. The number of ether oxygens (including phenoxy) is 9. The molecule has 0 bridgehead atoms. The lowest BCUT2D eigenvalue weighted by Gasteiger charge is -2.50. The average Bonchev–Trinajstić information content (AvgIpc) is 3.19. The molecule has 0 aromatic carbocycles. The number of hydrogen-bond acceptors (Lipinski definition) is 26. The van der Waals surface area contributed by atoms with Crippen LogP contribution in [0.5, 0.6) is 0 Å². The number of aliphatic hydroxyl groups is 17. The zero-order valence-corrected chi connectivity index (χ0v) is 29.2. The molecule has 0 amide bonds. The van der Waals surface area contributed by atoms with Crippen LogP contribution in [0.15, 0.2) is 0 Å². The number of aliphatic hydroxyl groups excluding tert-OH is 17. The summed E-state index contributed by atoms with van der Waals surface area (Å²) in [4.78, 5) is 0. The van der Waals surface area contributed by atoms with E-state index in [1.54, 1.807) is 0 Å². The molecule has 5 saturated heterocycles. The Kier molecular flexibility index (Phi) is 16.1. The summed E-state index contributed by atoms with van der Waals surface area (Å²) in [5.41, 5.74) is 0. The van der Waals surface area contributed by atoms with Crippen LogP contribution in [0, 0.1) is 0 Å². The van der Waals surface area contributed by atoms with Crippen molar-refractivity contribution in [3.8, 4) is 0 Å². The van der Waals surface area contributed by atoms with Crippen LogP contribution in [0.1, 0.15) is 0 Å². The summed E-state index contributed by atoms with van der Waals surface area (Å²) in [5.74, 6) is 0. The van der Waals surface area contributed by atoms with E-state index < -0.39 is 187 Å². The van der Waals surface area contributed by atoms with Crippen molar-refractivity contribution in [2.75, 3.05) is 33.0 Å². The van der Waals surface area contributed by atoms with Gasteiger partial charge in [-0.1, -0.05) is 0 Å². The molecule has 26 heteroatoms. The SMILES string of the molecule is OC[C@H]1O[C@@H](O[C@@H]2[C@@H](O[C@@H]3[C@@H](O[C@@H]4[C@@H](O[C@H]5[C@@H](O)[C@H](O)[C@@H](CO)O[C@@H]5O)O[C@H](CO)[C@@H](O)[C@@H]4O)O[C@H](CO)[C@@H](O)[C@@H]3O)O[C@H](CO)[C@@H](O)[C@@H]2O)[C@@H](O)[C@@H](O)[C@@H]1O. The predicted molar refractivity (Wildman–Crippen MR) is 167 cm³/mol. The molecule has 5 heterocycles. The highest BCUT2D eigenvalue weighted by Gasteiger charge is 2.57. The Balaban J connectivity index is 1.45. The molecule has 328 valence electrons. The molecule has 17 N–H and O–H groups in total. The molecule has 5 aliphatic heterocycles. The molecule has 0 spiro atoms. The smallest absolute Gasteiger partial charge is 0.187 e. The third-order valence-electron chi connectivity index (χ3n) is 10.3. The van der Waals surface area contributed by atoms with Gasteiger partial charge in [0.05, 0.1) is 33.0 Å². The van der Waals surface area contributed by atoms with E-state index in [9.17, 15) is 86.8 Å². The highest BCUT2D eigenvalue weighted by Crippen LogP contribution is 2.36. The van der Waals surface area contributed by atoms with Crippen molar-refractivity contribution in [1.82, 2.24) is 0 Å². The molecule has 25 atom stereocenters. The zero-order valence-electron chi connectivity index (χ0n) is 29.2. The molecular weight excluding hydrogens is 776 g/mol. The Morgan fingerprint density at radius 1 is 0.268 bits per heavy atom. The highest BCUT2D eigenvalue weighted by molar-refractivity contribution is 4.98. The van der Waals surface area contributed by atoms with Crippen LogP contribution in [-0.2, 0) is 42.6 Å². The first-order chi connectivity index (χ1) is 26.5. The predicted octanol–water partition coefficient (Wildman–Crippen LogP) is -11.9. The second kappa shape index (κ2) is 19.6. The van der Waals surface area contributed by atoms with Gasteiger partial charge in [-0.15, -0.1) is 0 Å². The van der Waals surface area contributed by atoms with E-state index in [0.29, 0.717) is 0 Å². The Bertz CT molecular complexity index is 1210. The molecule has 0 aromatic rings. The van der Waals surface area contributed by atoms with E-state index in [-0.39, 0.29) is 0 Å². The van der Waals surface area contributed by atoms with Crippen molar-refractivity contribution in [2.45, 2.75) is 154 Å². The third-order valence-corrected chi connectivity index (χ3v) is 10.3. The summed E-state index contributed by atoms with van der Waals surface area (Å²) in [5, 5.41) is 177. The molecular formula is C30H52O26. The largest absolute Gasteiger partial charge is 0.394 e. The molecule has 0 aliphatic carbocycles. The molecule has 26 nitrogen and oxygen atoms in total. The molecule has 5 rings (SSSR count). The fraction of sp³-hybridized carbons (Fsp3) is 1.00. The van der Waals surface area contributed by atoms with Gasteiger partial charge in [0.25, 0.3) is 0 Å².